The predicted molar refractivity (Wildman–Crippen MR) is 114 cm³/mol. The number of carboxylic acid groups (broad SMARTS) is 2. The average molecular weight is 484 g/mol. The fourth-order valence-corrected chi connectivity index (χ4v) is 2.74. The third-order valence-electron chi connectivity index (χ3n) is 4.60. The first-order chi connectivity index (χ1) is 15.8. The number of phenolic OH excluding ortho intramolecular Hbond substituents is 1. The number of nitrogens with two attached hydrogens (primary N) is 1. The molecule has 0 radical (unpaired) electrons. The quantitative estimate of drug-likeness (QED) is 0.134. The fraction of sp³-hybridized carbons (Fsp3) is 0.450. The summed E-state index contributed by atoms with van der Waals surface area (Å²) in [5.41, 5.74) is 5.91. The van der Waals surface area contributed by atoms with Crippen molar-refractivity contribution in [3.05, 3.63) is 29.8 Å². The van der Waals surface area contributed by atoms with Gasteiger partial charge in [0.05, 0.1) is 25.2 Å². The lowest BCUT2D eigenvalue weighted by Crippen LogP contribution is -2.60. The number of hydrogen-bond donors (Lipinski definition) is 9. The molecule has 0 heterocycles. The van der Waals surface area contributed by atoms with Crippen molar-refractivity contribution in [1.29, 1.82) is 0 Å². The molecule has 0 aromatic heterocycles. The monoisotopic (exact) mass is 484 g/mol. The van der Waals surface area contributed by atoms with Crippen LogP contribution in [-0.2, 0) is 30.4 Å². The van der Waals surface area contributed by atoms with E-state index in [9.17, 15) is 34.2 Å². The Hall–Kier alpha value is -3.75. The van der Waals surface area contributed by atoms with Crippen LogP contribution in [-0.4, -0.2) is 92.1 Å². The summed E-state index contributed by atoms with van der Waals surface area (Å²) in [5, 5.41) is 52.8. The number of rotatable bonds is 13. The van der Waals surface area contributed by atoms with Gasteiger partial charge in [-0.3, -0.25) is 19.2 Å². The number of carbonyl (C=O) groups is 5. The van der Waals surface area contributed by atoms with Gasteiger partial charge in [0.1, 0.15) is 23.9 Å². The molecule has 0 bridgehead atoms. The number of nitrogens with one attached hydrogen (secondary N) is 3. The molecular weight excluding hydrogens is 456 g/mol. The molecule has 0 saturated heterocycles. The lowest BCUT2D eigenvalue weighted by molar-refractivity contribution is -0.143. The summed E-state index contributed by atoms with van der Waals surface area (Å²) >= 11 is 0. The van der Waals surface area contributed by atoms with E-state index >= 15 is 0 Å². The summed E-state index contributed by atoms with van der Waals surface area (Å²) < 4.78 is 0. The highest BCUT2D eigenvalue weighted by Gasteiger charge is 2.32. The number of phenols is 1. The minimum atomic E-state index is -1.66. The fourth-order valence-electron chi connectivity index (χ4n) is 2.74. The highest BCUT2D eigenvalue weighted by atomic mass is 16.4. The summed E-state index contributed by atoms with van der Waals surface area (Å²) in [5.74, 6) is -6.00. The summed E-state index contributed by atoms with van der Waals surface area (Å²) in [7, 11) is 0. The first kappa shape index (κ1) is 28.3. The summed E-state index contributed by atoms with van der Waals surface area (Å²) in [6.45, 7) is 0.239. The largest absolute Gasteiger partial charge is 0.508 e. The summed E-state index contributed by atoms with van der Waals surface area (Å²) in [6.07, 6.45) is -2.40. The third kappa shape index (κ3) is 9.01. The van der Waals surface area contributed by atoms with Gasteiger partial charge in [-0.25, -0.2) is 4.79 Å². The van der Waals surface area contributed by atoms with Crippen LogP contribution in [0.5, 0.6) is 5.75 Å². The summed E-state index contributed by atoms with van der Waals surface area (Å²) in [6, 6.07) is -0.684. The normalized spacial score (nSPS) is 15.2. The number of carbonyl (C=O) groups excluding carboxylic acids is 3. The SMILES string of the molecule is CC(O)C(NC(=O)C(N)CC(=O)O)C(=O)NC(Cc1ccc(O)cc1)C(=O)NC(CO)C(=O)O. The van der Waals surface area contributed by atoms with Crippen molar-refractivity contribution >= 4 is 29.7 Å². The van der Waals surface area contributed by atoms with Gasteiger partial charge in [0.2, 0.25) is 17.7 Å². The van der Waals surface area contributed by atoms with Crippen LogP contribution in [0.15, 0.2) is 24.3 Å². The number of aliphatic hydroxyl groups is 2. The maximum absolute atomic E-state index is 12.8. The molecule has 1 aromatic rings. The van der Waals surface area contributed by atoms with Crippen molar-refractivity contribution in [1.82, 2.24) is 16.0 Å². The molecule has 1 aromatic carbocycles. The van der Waals surface area contributed by atoms with E-state index in [4.69, 9.17) is 21.1 Å². The number of hydrogen-bond acceptors (Lipinski definition) is 9. The standard InChI is InChI=1S/C20H28N4O10/c1-9(26)16(24-17(30)12(21)7-15(28)29)19(32)22-13(6-10-2-4-11(27)5-3-10)18(31)23-14(8-25)20(33)34/h2-5,9,12-14,16,25-27H,6-8,21H2,1H3,(H,22,32)(H,23,31)(H,24,30)(H,28,29)(H,33,34). The van der Waals surface area contributed by atoms with E-state index in [0.29, 0.717) is 5.56 Å². The lowest BCUT2D eigenvalue weighted by atomic mass is 10.0. The van der Waals surface area contributed by atoms with Crippen molar-refractivity contribution in [2.75, 3.05) is 6.61 Å². The molecule has 10 N–H and O–H groups in total. The highest BCUT2D eigenvalue weighted by molar-refractivity contribution is 5.95. The second kappa shape index (κ2) is 13.1. The van der Waals surface area contributed by atoms with E-state index < -0.39 is 73.0 Å². The van der Waals surface area contributed by atoms with Gasteiger partial charge < -0.3 is 47.2 Å². The number of aliphatic carboxylic acids is 2. The van der Waals surface area contributed by atoms with Gasteiger partial charge in [-0.15, -0.1) is 0 Å². The Balaban J connectivity index is 3.08. The minimum absolute atomic E-state index is 0.0606. The number of aromatic hydroxyl groups is 1. The summed E-state index contributed by atoms with van der Waals surface area (Å²) in [4.78, 5) is 59.5. The van der Waals surface area contributed by atoms with E-state index in [0.717, 1.165) is 6.92 Å². The molecule has 3 amide bonds. The van der Waals surface area contributed by atoms with Crippen LogP contribution >= 0.6 is 0 Å². The Morgan fingerprint density at radius 2 is 1.47 bits per heavy atom. The zero-order chi connectivity index (χ0) is 26.0. The number of aliphatic hydroxyl groups excluding tert-OH is 2. The molecule has 1 rings (SSSR count). The van der Waals surface area contributed by atoms with Crippen LogP contribution in [0.4, 0.5) is 0 Å². The third-order valence-corrected chi connectivity index (χ3v) is 4.60. The van der Waals surface area contributed by atoms with E-state index in [1.165, 1.54) is 24.3 Å². The molecule has 0 aliphatic heterocycles. The predicted octanol–water partition coefficient (Wildman–Crippen LogP) is -3.35. The molecule has 5 atom stereocenters. The van der Waals surface area contributed by atoms with Gasteiger partial charge >= 0.3 is 11.9 Å². The van der Waals surface area contributed by atoms with E-state index in [1.807, 2.05) is 0 Å². The molecule has 0 aliphatic rings. The van der Waals surface area contributed by atoms with E-state index in [-0.39, 0.29) is 12.2 Å². The molecule has 0 fully saturated rings. The van der Waals surface area contributed by atoms with Crippen LogP contribution in [0.2, 0.25) is 0 Å². The molecular formula is C20H28N4O10. The Labute approximate surface area is 193 Å². The lowest BCUT2D eigenvalue weighted by Gasteiger charge is -2.26. The van der Waals surface area contributed by atoms with Crippen LogP contribution in [0.25, 0.3) is 0 Å². The van der Waals surface area contributed by atoms with Crippen molar-refractivity contribution in [3.63, 3.8) is 0 Å². The maximum Gasteiger partial charge on any atom is 0.328 e. The van der Waals surface area contributed by atoms with E-state index in [2.05, 4.69) is 16.0 Å². The molecule has 0 saturated carbocycles. The Morgan fingerprint density at radius 1 is 0.912 bits per heavy atom. The van der Waals surface area contributed by atoms with Gasteiger partial charge in [0.15, 0.2) is 0 Å². The van der Waals surface area contributed by atoms with Crippen molar-refractivity contribution < 1.29 is 49.5 Å². The van der Waals surface area contributed by atoms with Gasteiger partial charge in [0.25, 0.3) is 0 Å². The van der Waals surface area contributed by atoms with Crippen LogP contribution in [0.1, 0.15) is 18.9 Å². The molecule has 14 heteroatoms. The first-order valence-corrected chi connectivity index (χ1v) is 10.0. The number of carboxylic acids is 2. The Bertz CT molecular complexity index is 890. The average Bonchev–Trinajstić information content (AvgIpc) is 2.75. The first-order valence-electron chi connectivity index (χ1n) is 10.0. The molecule has 34 heavy (non-hydrogen) atoms. The van der Waals surface area contributed by atoms with Gasteiger partial charge in [-0.05, 0) is 24.6 Å². The van der Waals surface area contributed by atoms with Crippen LogP contribution in [0.3, 0.4) is 0 Å². The van der Waals surface area contributed by atoms with Crippen LogP contribution in [0, 0.1) is 0 Å². The van der Waals surface area contributed by atoms with Crippen LogP contribution < -0.4 is 21.7 Å². The Morgan fingerprint density at radius 3 is 1.94 bits per heavy atom. The molecule has 0 aliphatic carbocycles. The zero-order valence-corrected chi connectivity index (χ0v) is 18.2. The molecule has 188 valence electrons. The molecule has 5 unspecified atom stereocenters. The maximum atomic E-state index is 12.8. The second-order valence-corrected chi connectivity index (χ2v) is 7.44. The van der Waals surface area contributed by atoms with Crippen molar-refractivity contribution in [2.24, 2.45) is 5.73 Å². The van der Waals surface area contributed by atoms with Gasteiger partial charge in [0, 0.05) is 6.42 Å². The van der Waals surface area contributed by atoms with E-state index in [1.54, 1.807) is 0 Å². The van der Waals surface area contributed by atoms with Gasteiger partial charge in [-0.2, -0.15) is 0 Å². The zero-order valence-electron chi connectivity index (χ0n) is 18.2. The smallest absolute Gasteiger partial charge is 0.328 e. The highest BCUT2D eigenvalue weighted by Crippen LogP contribution is 2.12. The topological polar surface area (TPSA) is 249 Å². The van der Waals surface area contributed by atoms with Crippen molar-refractivity contribution in [2.45, 2.75) is 50.0 Å². The number of amides is 3. The Kier molecular flexibility index (Phi) is 10.9. The minimum Gasteiger partial charge on any atom is -0.508 e. The molecule has 0 spiro atoms. The number of benzene rings is 1. The van der Waals surface area contributed by atoms with Crippen molar-refractivity contribution in [3.8, 4) is 5.75 Å². The second-order valence-electron chi connectivity index (χ2n) is 7.44. The van der Waals surface area contributed by atoms with Gasteiger partial charge in [-0.1, -0.05) is 12.1 Å². The molecule has 14 nitrogen and oxygen atoms in total.